The van der Waals surface area contributed by atoms with E-state index >= 15 is 0 Å². The number of aliphatic hydroxyl groups is 1. The highest BCUT2D eigenvalue weighted by Crippen LogP contribution is 2.05. The van der Waals surface area contributed by atoms with Gasteiger partial charge in [-0.15, -0.1) is 11.3 Å². The molecule has 0 spiro atoms. The van der Waals surface area contributed by atoms with Gasteiger partial charge in [-0.3, -0.25) is 4.57 Å². The predicted molar refractivity (Wildman–Crippen MR) is 43.7 cm³/mol. The Bertz CT molecular complexity index is 299. The first-order valence-corrected chi connectivity index (χ1v) is 4.13. The zero-order valence-electron chi connectivity index (χ0n) is 6.48. The van der Waals surface area contributed by atoms with Crippen LogP contribution in [-0.4, -0.2) is 9.67 Å². The molecule has 0 radical (unpaired) electrons. The van der Waals surface area contributed by atoms with E-state index < -0.39 is 6.23 Å². The molecule has 0 amide bonds. The first kappa shape index (κ1) is 8.29. The van der Waals surface area contributed by atoms with E-state index in [1.54, 1.807) is 11.5 Å². The lowest BCUT2D eigenvalue weighted by atomic mass is 10.5. The molecular formula is C6H11N3OS. The van der Waals surface area contributed by atoms with Gasteiger partial charge in [0.1, 0.15) is 6.23 Å². The highest BCUT2D eigenvalue weighted by Gasteiger charge is 2.04. The van der Waals surface area contributed by atoms with Crippen LogP contribution in [0.4, 0.5) is 0 Å². The van der Waals surface area contributed by atoms with Crippen LogP contribution in [0.5, 0.6) is 0 Å². The molecule has 0 aliphatic rings. The average molecular weight is 173 g/mol. The molecule has 1 heterocycles. The molecule has 1 rings (SSSR count). The van der Waals surface area contributed by atoms with E-state index in [1.165, 1.54) is 11.3 Å². The first-order chi connectivity index (χ1) is 5.16. The maximum Gasteiger partial charge on any atom is 0.209 e. The van der Waals surface area contributed by atoms with Crippen molar-refractivity contribution in [1.82, 2.24) is 4.57 Å². The van der Waals surface area contributed by atoms with Gasteiger partial charge in [0.15, 0.2) is 0 Å². The quantitative estimate of drug-likeness (QED) is 0.469. The van der Waals surface area contributed by atoms with E-state index in [9.17, 15) is 5.11 Å². The molecule has 3 N–H and O–H groups in total. The summed E-state index contributed by atoms with van der Waals surface area (Å²) in [6, 6.07) is 0. The van der Waals surface area contributed by atoms with Crippen LogP contribution in [0, 0.1) is 6.92 Å². The van der Waals surface area contributed by atoms with Crippen molar-refractivity contribution in [1.29, 1.82) is 0 Å². The van der Waals surface area contributed by atoms with Crippen LogP contribution < -0.4 is 10.6 Å². The Morgan fingerprint density at radius 3 is 2.82 bits per heavy atom. The fraction of sp³-hybridized carbons (Fsp3) is 0.500. The van der Waals surface area contributed by atoms with Gasteiger partial charge in [-0.1, -0.05) is 0 Å². The standard InChI is InChI=1S/C6H11N3OS/c1-4-3-11-6(8-7)9(4)5(2)10/h3,5,10H,7H2,1-2H3/b8-6-. The Morgan fingerprint density at radius 2 is 2.45 bits per heavy atom. The second-order valence-corrected chi connectivity index (χ2v) is 3.13. The van der Waals surface area contributed by atoms with Crippen LogP contribution in [-0.2, 0) is 0 Å². The van der Waals surface area contributed by atoms with E-state index in [1.807, 2.05) is 12.3 Å². The monoisotopic (exact) mass is 173 g/mol. The minimum atomic E-state index is -0.566. The van der Waals surface area contributed by atoms with E-state index in [0.29, 0.717) is 4.80 Å². The smallest absolute Gasteiger partial charge is 0.209 e. The molecule has 4 nitrogen and oxygen atoms in total. The number of rotatable bonds is 1. The molecule has 1 atom stereocenters. The Kier molecular flexibility index (Phi) is 2.31. The zero-order chi connectivity index (χ0) is 8.43. The highest BCUT2D eigenvalue weighted by atomic mass is 32.1. The number of thiazole rings is 1. The minimum absolute atomic E-state index is 0.566. The fourth-order valence-electron chi connectivity index (χ4n) is 0.950. The Hall–Kier alpha value is -0.810. The van der Waals surface area contributed by atoms with Crippen molar-refractivity contribution in [2.75, 3.05) is 0 Å². The third-order valence-electron chi connectivity index (χ3n) is 1.41. The molecule has 1 aromatic heterocycles. The molecule has 11 heavy (non-hydrogen) atoms. The van der Waals surface area contributed by atoms with Crippen LogP contribution >= 0.6 is 11.3 Å². The van der Waals surface area contributed by atoms with Gasteiger partial charge in [-0.25, -0.2) is 0 Å². The summed E-state index contributed by atoms with van der Waals surface area (Å²) in [7, 11) is 0. The van der Waals surface area contributed by atoms with Crippen molar-refractivity contribution in [2.24, 2.45) is 10.9 Å². The summed E-state index contributed by atoms with van der Waals surface area (Å²) >= 11 is 1.42. The SMILES string of the molecule is Cc1cs/c(=N\N)n1C(C)O. The van der Waals surface area contributed by atoms with Gasteiger partial charge in [0.2, 0.25) is 4.80 Å². The number of aryl methyl sites for hydroxylation is 1. The molecule has 0 aromatic carbocycles. The number of nitrogens with zero attached hydrogens (tertiary/aromatic N) is 2. The van der Waals surface area contributed by atoms with Gasteiger partial charge < -0.3 is 10.9 Å². The molecule has 62 valence electrons. The van der Waals surface area contributed by atoms with Gasteiger partial charge in [0, 0.05) is 11.1 Å². The van der Waals surface area contributed by atoms with Gasteiger partial charge in [-0.2, -0.15) is 5.10 Å². The van der Waals surface area contributed by atoms with Gasteiger partial charge in [-0.05, 0) is 13.8 Å². The number of hydrogen-bond acceptors (Lipinski definition) is 4. The van der Waals surface area contributed by atoms with Crippen molar-refractivity contribution >= 4 is 11.3 Å². The molecule has 0 bridgehead atoms. The Morgan fingerprint density at radius 1 is 1.82 bits per heavy atom. The maximum absolute atomic E-state index is 9.26. The minimum Gasteiger partial charge on any atom is -0.373 e. The fourth-order valence-corrected chi connectivity index (χ4v) is 1.81. The summed E-state index contributed by atoms with van der Waals surface area (Å²) in [5.74, 6) is 5.11. The van der Waals surface area contributed by atoms with E-state index in [0.717, 1.165) is 5.69 Å². The molecular weight excluding hydrogens is 162 g/mol. The first-order valence-electron chi connectivity index (χ1n) is 3.25. The topological polar surface area (TPSA) is 63.5 Å². The molecule has 0 saturated heterocycles. The second-order valence-electron chi connectivity index (χ2n) is 2.29. The number of aromatic nitrogens is 1. The van der Waals surface area contributed by atoms with Gasteiger partial charge in [0.25, 0.3) is 0 Å². The second kappa shape index (κ2) is 3.06. The normalized spacial score (nSPS) is 15.4. The summed E-state index contributed by atoms with van der Waals surface area (Å²) in [5, 5.41) is 14.7. The van der Waals surface area contributed by atoms with Crippen molar-refractivity contribution in [3.8, 4) is 0 Å². The third kappa shape index (κ3) is 1.44. The summed E-state index contributed by atoms with van der Waals surface area (Å²) < 4.78 is 1.67. The molecule has 0 aliphatic carbocycles. The molecule has 1 aromatic rings. The maximum atomic E-state index is 9.26. The molecule has 5 heteroatoms. The molecule has 1 unspecified atom stereocenters. The van der Waals surface area contributed by atoms with Crippen molar-refractivity contribution < 1.29 is 5.11 Å². The third-order valence-corrected chi connectivity index (χ3v) is 2.38. The average Bonchev–Trinajstić information content (AvgIpc) is 2.30. The van der Waals surface area contributed by atoms with Crippen LogP contribution in [0.25, 0.3) is 0 Å². The lowest BCUT2D eigenvalue weighted by molar-refractivity contribution is 0.119. The summed E-state index contributed by atoms with van der Waals surface area (Å²) in [6.45, 7) is 3.58. The zero-order valence-corrected chi connectivity index (χ0v) is 7.30. The van der Waals surface area contributed by atoms with Crippen LogP contribution in [0.1, 0.15) is 18.8 Å². The number of nitrogens with two attached hydrogens (primary N) is 1. The molecule has 0 saturated carbocycles. The molecule has 0 aliphatic heterocycles. The van der Waals surface area contributed by atoms with E-state index in [4.69, 9.17) is 5.84 Å². The van der Waals surface area contributed by atoms with Crippen molar-refractivity contribution in [3.63, 3.8) is 0 Å². The lowest BCUT2D eigenvalue weighted by Crippen LogP contribution is -2.21. The van der Waals surface area contributed by atoms with Crippen molar-refractivity contribution in [3.05, 3.63) is 15.9 Å². The summed E-state index contributed by atoms with van der Waals surface area (Å²) in [5.41, 5.74) is 0.967. The predicted octanol–water partition coefficient (Wildman–Crippen LogP) is 0.143. The van der Waals surface area contributed by atoms with Crippen LogP contribution in [0.2, 0.25) is 0 Å². The lowest BCUT2D eigenvalue weighted by Gasteiger charge is -2.07. The van der Waals surface area contributed by atoms with Crippen molar-refractivity contribution in [2.45, 2.75) is 20.1 Å². The highest BCUT2D eigenvalue weighted by molar-refractivity contribution is 7.07. The van der Waals surface area contributed by atoms with E-state index in [2.05, 4.69) is 5.10 Å². The summed E-state index contributed by atoms with van der Waals surface area (Å²) in [4.78, 5) is 0.637. The van der Waals surface area contributed by atoms with Gasteiger partial charge >= 0.3 is 0 Å². The van der Waals surface area contributed by atoms with Gasteiger partial charge in [0.05, 0.1) is 0 Å². The van der Waals surface area contributed by atoms with Crippen LogP contribution in [0.15, 0.2) is 10.5 Å². The Labute approximate surface area is 68.6 Å². The molecule has 0 fully saturated rings. The Balaban J connectivity index is 3.30. The number of aliphatic hydroxyl groups excluding tert-OH is 1. The largest absolute Gasteiger partial charge is 0.373 e. The summed E-state index contributed by atoms with van der Waals surface area (Å²) in [6.07, 6.45) is -0.566. The van der Waals surface area contributed by atoms with Crippen LogP contribution in [0.3, 0.4) is 0 Å². The number of hydrogen-bond donors (Lipinski definition) is 2. The van der Waals surface area contributed by atoms with E-state index in [-0.39, 0.29) is 0 Å².